The van der Waals surface area contributed by atoms with Gasteiger partial charge in [0.15, 0.2) is 0 Å². The molecule has 0 fully saturated rings. The number of aryl methyl sites for hydroxylation is 1. The summed E-state index contributed by atoms with van der Waals surface area (Å²) < 4.78 is 44.2. The highest BCUT2D eigenvalue weighted by atomic mass is 19.4. The maximum atomic E-state index is 13.5. The second kappa shape index (κ2) is 9.73. The highest BCUT2D eigenvalue weighted by Gasteiger charge is 2.35. The minimum absolute atomic E-state index is 0.144. The molecule has 0 unspecified atom stereocenters. The van der Waals surface area contributed by atoms with E-state index in [1.165, 1.54) is 41.1 Å². The fourth-order valence-electron chi connectivity index (χ4n) is 4.10. The quantitative estimate of drug-likeness (QED) is 0.538. The smallest absolute Gasteiger partial charge is 0.389 e. The number of ether oxygens (including phenoxy) is 1. The largest absolute Gasteiger partial charge is 0.495 e. The van der Waals surface area contributed by atoms with E-state index in [2.05, 4.69) is 10.4 Å². The van der Waals surface area contributed by atoms with Crippen molar-refractivity contribution in [3.05, 3.63) is 71.0 Å². The van der Waals surface area contributed by atoms with Crippen molar-refractivity contribution < 1.29 is 27.5 Å². The number of carbonyl (C=O) groups is 2. The first kappa shape index (κ1) is 24.8. The van der Waals surface area contributed by atoms with Crippen LogP contribution < -0.4 is 15.0 Å². The molecular formula is C25H22F3N5O3. The Kier molecular flexibility index (Phi) is 6.70. The number of hydrogen-bond acceptors (Lipinski definition) is 5. The molecular weight excluding hydrogens is 475 g/mol. The van der Waals surface area contributed by atoms with E-state index in [0.717, 1.165) is 0 Å². The molecule has 1 aliphatic heterocycles. The molecule has 0 bridgehead atoms. The van der Waals surface area contributed by atoms with Gasteiger partial charge in [0.1, 0.15) is 17.5 Å². The maximum absolute atomic E-state index is 13.5. The van der Waals surface area contributed by atoms with Gasteiger partial charge in [0, 0.05) is 17.7 Å². The average molecular weight is 497 g/mol. The summed E-state index contributed by atoms with van der Waals surface area (Å²) in [6.45, 7) is 2.19. The number of hydrogen-bond donors (Lipinski definition) is 1. The van der Waals surface area contributed by atoms with Crippen molar-refractivity contribution in [1.29, 1.82) is 5.26 Å². The Morgan fingerprint density at radius 3 is 2.61 bits per heavy atom. The third kappa shape index (κ3) is 5.02. The molecule has 2 aromatic carbocycles. The predicted octanol–water partition coefficient (Wildman–Crippen LogP) is 4.56. The Morgan fingerprint density at radius 1 is 1.25 bits per heavy atom. The molecule has 2 amide bonds. The first-order valence-electron chi connectivity index (χ1n) is 11.1. The van der Waals surface area contributed by atoms with E-state index < -0.39 is 24.4 Å². The molecule has 2 heterocycles. The molecule has 0 aliphatic carbocycles. The zero-order valence-corrected chi connectivity index (χ0v) is 19.5. The fourth-order valence-corrected chi connectivity index (χ4v) is 4.10. The molecule has 186 valence electrons. The molecule has 0 spiro atoms. The number of nitriles is 1. The maximum Gasteiger partial charge on any atom is 0.389 e. The van der Waals surface area contributed by atoms with Crippen LogP contribution in [-0.4, -0.2) is 40.9 Å². The van der Waals surface area contributed by atoms with Crippen molar-refractivity contribution in [1.82, 2.24) is 9.78 Å². The highest BCUT2D eigenvalue weighted by molar-refractivity contribution is 6.13. The number of aromatic nitrogens is 2. The van der Waals surface area contributed by atoms with Gasteiger partial charge < -0.3 is 15.0 Å². The van der Waals surface area contributed by atoms with Crippen LogP contribution >= 0.6 is 0 Å². The minimum atomic E-state index is -4.24. The van der Waals surface area contributed by atoms with Gasteiger partial charge in [-0.15, -0.1) is 0 Å². The summed E-state index contributed by atoms with van der Waals surface area (Å²) in [4.78, 5) is 27.8. The number of benzene rings is 2. The Labute approximate surface area is 204 Å². The van der Waals surface area contributed by atoms with E-state index in [0.29, 0.717) is 23.5 Å². The monoisotopic (exact) mass is 497 g/mol. The van der Waals surface area contributed by atoms with E-state index in [-0.39, 0.29) is 35.0 Å². The molecule has 1 aliphatic rings. The van der Waals surface area contributed by atoms with Gasteiger partial charge in [-0.1, -0.05) is 12.1 Å². The van der Waals surface area contributed by atoms with Crippen LogP contribution in [0.5, 0.6) is 5.75 Å². The Balaban J connectivity index is 1.56. The van der Waals surface area contributed by atoms with Crippen molar-refractivity contribution in [2.24, 2.45) is 0 Å². The highest BCUT2D eigenvalue weighted by Crippen LogP contribution is 2.30. The zero-order chi connectivity index (χ0) is 26.0. The molecule has 1 N–H and O–H groups in total. The van der Waals surface area contributed by atoms with Gasteiger partial charge in [-0.25, -0.2) is 0 Å². The van der Waals surface area contributed by atoms with Crippen LogP contribution in [0.3, 0.4) is 0 Å². The molecule has 36 heavy (non-hydrogen) atoms. The van der Waals surface area contributed by atoms with Gasteiger partial charge in [-0.05, 0) is 49.2 Å². The molecule has 0 saturated carbocycles. The average Bonchev–Trinajstić information content (AvgIpc) is 3.24. The molecule has 8 nitrogen and oxygen atoms in total. The fraction of sp³-hybridized carbons (Fsp3) is 0.280. The molecule has 11 heteroatoms. The topological polar surface area (TPSA) is 100 Å². The summed E-state index contributed by atoms with van der Waals surface area (Å²) in [5, 5.41) is 16.2. The molecule has 3 aromatic rings. The van der Waals surface area contributed by atoms with Crippen LogP contribution in [0.15, 0.2) is 48.7 Å². The second-order valence-corrected chi connectivity index (χ2v) is 8.38. The molecule has 4 rings (SSSR count). The summed E-state index contributed by atoms with van der Waals surface area (Å²) in [5.74, 6) is -0.602. The van der Waals surface area contributed by atoms with E-state index >= 15 is 0 Å². The standard InChI is InChI=1S/C25H22F3N5O3/c1-15-14-32-22(24(35)33(15)19-6-3-16(4-7-19)9-10-25(26,27)28)20(13-30-32)31-23(34)17-5-8-21(36-2)18(11-17)12-29/h3-8,11,13,15H,9-10,14H2,1-2H3,(H,31,34)/t15-/m0/s1. The normalized spacial score (nSPS) is 15.3. The summed E-state index contributed by atoms with van der Waals surface area (Å²) in [6.07, 6.45) is -3.92. The number of nitrogens with zero attached hydrogens (tertiary/aromatic N) is 4. The predicted molar refractivity (Wildman–Crippen MR) is 125 cm³/mol. The third-order valence-corrected chi connectivity index (χ3v) is 5.88. The summed E-state index contributed by atoms with van der Waals surface area (Å²) >= 11 is 0. The number of fused-ring (bicyclic) bond motifs is 1. The number of carbonyl (C=O) groups excluding carboxylic acids is 2. The lowest BCUT2D eigenvalue weighted by Gasteiger charge is -2.34. The number of anilines is 2. The first-order valence-corrected chi connectivity index (χ1v) is 11.1. The number of methoxy groups -OCH3 is 1. The number of nitrogens with one attached hydrogen (secondary N) is 1. The van der Waals surface area contributed by atoms with Crippen LogP contribution in [0, 0.1) is 11.3 Å². The van der Waals surface area contributed by atoms with Crippen molar-refractivity contribution in [2.75, 3.05) is 17.3 Å². The summed E-state index contributed by atoms with van der Waals surface area (Å²) in [6, 6.07) is 12.5. The van der Waals surface area contributed by atoms with Crippen LogP contribution in [0.4, 0.5) is 24.5 Å². The minimum Gasteiger partial charge on any atom is -0.495 e. The van der Waals surface area contributed by atoms with Crippen molar-refractivity contribution in [2.45, 2.75) is 38.5 Å². The lowest BCUT2D eigenvalue weighted by Crippen LogP contribution is -2.47. The van der Waals surface area contributed by atoms with Gasteiger partial charge in [-0.3, -0.25) is 14.3 Å². The Hall–Kier alpha value is -4.33. The van der Waals surface area contributed by atoms with Crippen LogP contribution in [0.25, 0.3) is 0 Å². The number of amides is 2. The van der Waals surface area contributed by atoms with Crippen molar-refractivity contribution in [3.8, 4) is 11.8 Å². The lowest BCUT2D eigenvalue weighted by atomic mass is 10.1. The van der Waals surface area contributed by atoms with Gasteiger partial charge in [-0.2, -0.15) is 23.5 Å². The van der Waals surface area contributed by atoms with Crippen LogP contribution in [0.1, 0.15) is 45.3 Å². The lowest BCUT2D eigenvalue weighted by molar-refractivity contribution is -0.134. The van der Waals surface area contributed by atoms with E-state index in [1.807, 2.05) is 13.0 Å². The number of alkyl halides is 3. The third-order valence-electron chi connectivity index (χ3n) is 5.88. The number of halogens is 3. The SMILES string of the molecule is COc1ccc(C(=O)Nc2cnn3c2C(=O)N(c2ccc(CCC(F)(F)F)cc2)[C@@H](C)C3)cc1C#N. The van der Waals surface area contributed by atoms with E-state index in [1.54, 1.807) is 24.3 Å². The van der Waals surface area contributed by atoms with Crippen molar-refractivity contribution in [3.63, 3.8) is 0 Å². The van der Waals surface area contributed by atoms with Gasteiger partial charge in [0.25, 0.3) is 11.8 Å². The summed E-state index contributed by atoms with van der Waals surface area (Å²) in [7, 11) is 1.42. The van der Waals surface area contributed by atoms with Crippen LogP contribution in [0.2, 0.25) is 0 Å². The second-order valence-electron chi connectivity index (χ2n) is 8.38. The number of rotatable bonds is 6. The zero-order valence-electron chi connectivity index (χ0n) is 19.5. The molecule has 1 aromatic heterocycles. The van der Waals surface area contributed by atoms with Gasteiger partial charge >= 0.3 is 6.18 Å². The molecule has 0 saturated heterocycles. The van der Waals surface area contributed by atoms with Crippen LogP contribution in [-0.2, 0) is 13.0 Å². The van der Waals surface area contributed by atoms with E-state index in [4.69, 9.17) is 4.74 Å². The Bertz CT molecular complexity index is 1340. The molecule has 1 atom stereocenters. The molecule has 0 radical (unpaired) electrons. The van der Waals surface area contributed by atoms with Gasteiger partial charge in [0.05, 0.1) is 37.1 Å². The summed E-state index contributed by atoms with van der Waals surface area (Å²) in [5.41, 5.74) is 1.83. The van der Waals surface area contributed by atoms with Crippen molar-refractivity contribution >= 4 is 23.2 Å². The van der Waals surface area contributed by atoms with Gasteiger partial charge in [0.2, 0.25) is 0 Å². The Morgan fingerprint density at radius 2 is 1.97 bits per heavy atom. The first-order chi connectivity index (χ1) is 17.1. The van der Waals surface area contributed by atoms with E-state index in [9.17, 15) is 28.0 Å².